The molecule has 148 valence electrons. The summed E-state index contributed by atoms with van der Waals surface area (Å²) in [5.74, 6) is 0.734. The lowest BCUT2D eigenvalue weighted by molar-refractivity contribution is 0.0663. The normalized spacial score (nSPS) is 15.9. The molecule has 5 nitrogen and oxygen atoms in total. The Morgan fingerprint density at radius 3 is 2.37 bits per heavy atom. The molecule has 6 heteroatoms. The fourth-order valence-electron chi connectivity index (χ4n) is 3.34. The molecule has 1 heterocycles. The lowest BCUT2D eigenvalue weighted by Gasteiger charge is -2.37. The van der Waals surface area contributed by atoms with Gasteiger partial charge < -0.3 is 20.5 Å². The molecule has 0 aliphatic carbocycles. The van der Waals surface area contributed by atoms with E-state index in [0.29, 0.717) is 18.8 Å². The van der Waals surface area contributed by atoms with Gasteiger partial charge >= 0.3 is 0 Å². The number of nitrogen functional groups attached to an aromatic ring is 1. The molecule has 27 heavy (non-hydrogen) atoms. The number of β-amino-alcohol motifs (C(OH)–C–C–N with tert-alkyl or cyclic N) is 1. The first-order valence-electron chi connectivity index (χ1n) is 9.22. The highest BCUT2D eigenvalue weighted by Crippen LogP contribution is 2.23. The summed E-state index contributed by atoms with van der Waals surface area (Å²) in [5.41, 5.74) is 10.3. The van der Waals surface area contributed by atoms with Crippen molar-refractivity contribution in [3.05, 3.63) is 53.6 Å². The lowest BCUT2D eigenvalue weighted by Crippen LogP contribution is -2.49. The number of piperazine rings is 1. The lowest BCUT2D eigenvalue weighted by atomic mass is 10.1. The molecule has 3 rings (SSSR count). The van der Waals surface area contributed by atoms with E-state index in [9.17, 15) is 5.11 Å². The fourth-order valence-corrected chi connectivity index (χ4v) is 3.34. The maximum absolute atomic E-state index is 10.3. The molecule has 1 atom stereocenters. The third-order valence-corrected chi connectivity index (χ3v) is 4.87. The van der Waals surface area contributed by atoms with Crippen LogP contribution in [0.4, 0.5) is 11.4 Å². The molecule has 0 bridgehead atoms. The van der Waals surface area contributed by atoms with Crippen molar-refractivity contribution in [3.63, 3.8) is 0 Å². The standard InChI is InChI=1S/C21H29N3O2.ClH/c1-16-3-4-17(2)21(13-16)24-11-9-23(10-12-24)14-19(25)15-26-20-7-5-18(22)6-8-20;/h3-8,13,19,25H,9-12,14-15,22H2,1-2H3;1H. The third kappa shape index (κ3) is 6.03. The summed E-state index contributed by atoms with van der Waals surface area (Å²) in [7, 11) is 0. The zero-order chi connectivity index (χ0) is 18.5. The number of aryl methyl sites for hydroxylation is 2. The van der Waals surface area contributed by atoms with Gasteiger partial charge in [-0.15, -0.1) is 12.4 Å². The van der Waals surface area contributed by atoms with E-state index < -0.39 is 6.10 Å². The Labute approximate surface area is 168 Å². The average molecular weight is 392 g/mol. The van der Waals surface area contributed by atoms with Crippen LogP contribution in [-0.4, -0.2) is 55.4 Å². The van der Waals surface area contributed by atoms with Gasteiger partial charge in [0.15, 0.2) is 0 Å². The molecule has 1 unspecified atom stereocenters. The van der Waals surface area contributed by atoms with Crippen LogP contribution in [0.2, 0.25) is 0 Å². The van der Waals surface area contributed by atoms with E-state index in [-0.39, 0.29) is 12.4 Å². The van der Waals surface area contributed by atoms with Gasteiger partial charge in [-0.1, -0.05) is 12.1 Å². The second kappa shape index (κ2) is 9.83. The first kappa shape index (κ1) is 21.4. The summed E-state index contributed by atoms with van der Waals surface area (Å²) >= 11 is 0. The van der Waals surface area contributed by atoms with E-state index in [1.807, 2.05) is 12.1 Å². The van der Waals surface area contributed by atoms with Crippen molar-refractivity contribution in [2.75, 3.05) is 50.0 Å². The predicted molar refractivity (Wildman–Crippen MR) is 114 cm³/mol. The number of hydrogen-bond donors (Lipinski definition) is 2. The monoisotopic (exact) mass is 391 g/mol. The number of rotatable bonds is 6. The van der Waals surface area contributed by atoms with E-state index in [1.165, 1.54) is 16.8 Å². The molecule has 1 aliphatic rings. The summed E-state index contributed by atoms with van der Waals surface area (Å²) in [5, 5.41) is 10.3. The summed E-state index contributed by atoms with van der Waals surface area (Å²) < 4.78 is 5.64. The van der Waals surface area contributed by atoms with Crippen LogP contribution in [0, 0.1) is 13.8 Å². The maximum atomic E-state index is 10.3. The number of aliphatic hydroxyl groups excluding tert-OH is 1. The van der Waals surface area contributed by atoms with Crippen molar-refractivity contribution < 1.29 is 9.84 Å². The van der Waals surface area contributed by atoms with E-state index in [4.69, 9.17) is 10.5 Å². The predicted octanol–water partition coefficient (Wildman–Crippen LogP) is 2.87. The summed E-state index contributed by atoms with van der Waals surface area (Å²) in [4.78, 5) is 4.74. The molecule has 0 spiro atoms. The van der Waals surface area contributed by atoms with Crippen LogP contribution in [0.5, 0.6) is 5.75 Å². The van der Waals surface area contributed by atoms with Crippen molar-refractivity contribution in [2.45, 2.75) is 20.0 Å². The Bertz CT molecular complexity index is 716. The number of hydrogen-bond acceptors (Lipinski definition) is 5. The fraction of sp³-hybridized carbons (Fsp3) is 0.429. The first-order valence-corrected chi connectivity index (χ1v) is 9.22. The van der Waals surface area contributed by atoms with Crippen molar-refractivity contribution in [2.24, 2.45) is 0 Å². The molecule has 0 radical (unpaired) electrons. The Hall–Kier alpha value is -1.95. The molecule has 1 saturated heterocycles. The van der Waals surface area contributed by atoms with Gasteiger partial charge in [0.1, 0.15) is 18.5 Å². The van der Waals surface area contributed by atoms with Crippen molar-refractivity contribution in [3.8, 4) is 5.75 Å². The highest BCUT2D eigenvalue weighted by molar-refractivity contribution is 5.85. The molecule has 1 aliphatic heterocycles. The van der Waals surface area contributed by atoms with E-state index in [1.54, 1.807) is 12.1 Å². The Morgan fingerprint density at radius 2 is 1.70 bits per heavy atom. The van der Waals surface area contributed by atoms with Crippen LogP contribution >= 0.6 is 12.4 Å². The number of anilines is 2. The molecule has 1 fully saturated rings. The topological polar surface area (TPSA) is 62.0 Å². The molecule has 3 N–H and O–H groups in total. The van der Waals surface area contributed by atoms with Gasteiger partial charge in [-0.05, 0) is 55.3 Å². The van der Waals surface area contributed by atoms with Crippen LogP contribution in [-0.2, 0) is 0 Å². The van der Waals surface area contributed by atoms with E-state index in [0.717, 1.165) is 31.9 Å². The average Bonchev–Trinajstić information content (AvgIpc) is 2.64. The van der Waals surface area contributed by atoms with Gasteiger partial charge in [0.05, 0.1) is 0 Å². The zero-order valence-electron chi connectivity index (χ0n) is 16.1. The molecule has 0 amide bonds. The zero-order valence-corrected chi connectivity index (χ0v) is 16.9. The van der Waals surface area contributed by atoms with Gasteiger partial charge in [0.2, 0.25) is 0 Å². The summed E-state index contributed by atoms with van der Waals surface area (Å²) in [6.45, 7) is 9.09. The molecule has 2 aromatic carbocycles. The highest BCUT2D eigenvalue weighted by atomic mass is 35.5. The maximum Gasteiger partial charge on any atom is 0.119 e. The van der Waals surface area contributed by atoms with Crippen LogP contribution in [0.3, 0.4) is 0 Å². The van der Waals surface area contributed by atoms with Crippen LogP contribution < -0.4 is 15.4 Å². The number of nitrogens with two attached hydrogens (primary N) is 1. The largest absolute Gasteiger partial charge is 0.491 e. The van der Waals surface area contributed by atoms with Crippen LogP contribution in [0.25, 0.3) is 0 Å². The van der Waals surface area contributed by atoms with Crippen LogP contribution in [0.15, 0.2) is 42.5 Å². The van der Waals surface area contributed by atoms with E-state index >= 15 is 0 Å². The Balaban J connectivity index is 0.00000261. The second-order valence-corrected chi connectivity index (χ2v) is 7.11. The quantitative estimate of drug-likeness (QED) is 0.741. The number of nitrogens with zero attached hydrogens (tertiary/aromatic N) is 2. The van der Waals surface area contributed by atoms with Crippen molar-refractivity contribution in [1.82, 2.24) is 4.90 Å². The van der Waals surface area contributed by atoms with E-state index in [2.05, 4.69) is 41.8 Å². The van der Waals surface area contributed by atoms with Crippen molar-refractivity contribution in [1.29, 1.82) is 0 Å². The Kier molecular flexibility index (Phi) is 7.78. The Morgan fingerprint density at radius 1 is 1.04 bits per heavy atom. The SMILES string of the molecule is Cc1ccc(C)c(N2CCN(CC(O)COc3ccc(N)cc3)CC2)c1.Cl. The van der Waals surface area contributed by atoms with Gasteiger partial charge in [-0.25, -0.2) is 0 Å². The summed E-state index contributed by atoms with van der Waals surface area (Å²) in [6, 6.07) is 13.9. The minimum absolute atomic E-state index is 0. The molecular formula is C21H30ClN3O2. The number of ether oxygens (including phenoxy) is 1. The number of halogens is 1. The van der Waals surface area contributed by atoms with Gasteiger partial charge in [-0.2, -0.15) is 0 Å². The molecule has 2 aromatic rings. The van der Waals surface area contributed by atoms with Gasteiger partial charge in [-0.3, -0.25) is 4.90 Å². The minimum Gasteiger partial charge on any atom is -0.491 e. The minimum atomic E-state index is -0.500. The number of aliphatic hydroxyl groups is 1. The third-order valence-electron chi connectivity index (χ3n) is 4.87. The molecule has 0 saturated carbocycles. The van der Waals surface area contributed by atoms with Crippen molar-refractivity contribution >= 4 is 23.8 Å². The smallest absolute Gasteiger partial charge is 0.119 e. The number of benzene rings is 2. The second-order valence-electron chi connectivity index (χ2n) is 7.11. The molecule has 0 aromatic heterocycles. The molecular weight excluding hydrogens is 362 g/mol. The van der Waals surface area contributed by atoms with Gasteiger partial charge in [0.25, 0.3) is 0 Å². The highest BCUT2D eigenvalue weighted by Gasteiger charge is 2.20. The summed E-state index contributed by atoms with van der Waals surface area (Å²) in [6.07, 6.45) is -0.500. The van der Waals surface area contributed by atoms with Crippen LogP contribution in [0.1, 0.15) is 11.1 Å². The van der Waals surface area contributed by atoms with Gasteiger partial charge in [0, 0.05) is 44.1 Å². The first-order chi connectivity index (χ1) is 12.5.